The van der Waals surface area contributed by atoms with Crippen LogP contribution in [0.3, 0.4) is 0 Å². The second kappa shape index (κ2) is 12.3. The fraction of sp³-hybridized carbons (Fsp3) is 0.0217. The lowest BCUT2D eigenvalue weighted by atomic mass is 10.1. The van der Waals surface area contributed by atoms with Crippen molar-refractivity contribution in [1.29, 1.82) is 0 Å². The lowest BCUT2D eigenvalue weighted by molar-refractivity contribution is 0.668. The topological polar surface area (TPSA) is 55.1 Å². The molecular weight excluding hydrogens is 657 g/mol. The van der Waals surface area contributed by atoms with Crippen molar-refractivity contribution in [3.05, 3.63) is 174 Å². The summed E-state index contributed by atoms with van der Waals surface area (Å²) in [6.07, 6.45) is 0. The van der Waals surface area contributed by atoms with E-state index < -0.39 is 0 Å². The normalized spacial score (nSPS) is 12.6. The smallest absolute Gasteiger partial charge is 0.163 e. The minimum atomic E-state index is 0.414. The summed E-state index contributed by atoms with van der Waals surface area (Å²) >= 11 is 1.84. The molecule has 0 aliphatic carbocycles. The molecule has 0 amide bonds. The molecule has 246 valence electrons. The maximum atomic E-state index is 6.18. The van der Waals surface area contributed by atoms with Crippen LogP contribution < -0.4 is 0 Å². The Morgan fingerprint density at radius 3 is 2.19 bits per heavy atom. The van der Waals surface area contributed by atoms with Gasteiger partial charge in [0.05, 0.1) is 28.0 Å². The first kappa shape index (κ1) is 30.2. The van der Waals surface area contributed by atoms with Crippen molar-refractivity contribution < 1.29 is 4.42 Å². The highest BCUT2D eigenvalue weighted by Gasteiger charge is 2.21. The van der Waals surface area contributed by atoms with E-state index >= 15 is 0 Å². The maximum absolute atomic E-state index is 6.18. The van der Waals surface area contributed by atoms with Crippen molar-refractivity contribution >= 4 is 93.6 Å². The fourth-order valence-electron chi connectivity index (χ4n) is 7.54. The van der Waals surface area contributed by atoms with Gasteiger partial charge >= 0.3 is 0 Å². The second-order valence-electron chi connectivity index (χ2n) is 12.8. The fourth-order valence-corrected chi connectivity index (χ4v) is 8.78. The van der Waals surface area contributed by atoms with Gasteiger partial charge < -0.3 is 8.98 Å². The van der Waals surface area contributed by atoms with E-state index in [0.29, 0.717) is 18.2 Å². The summed E-state index contributed by atoms with van der Waals surface area (Å²) in [5.41, 5.74) is 7.81. The van der Waals surface area contributed by atoms with Crippen molar-refractivity contribution in [2.24, 2.45) is 15.0 Å². The van der Waals surface area contributed by atoms with Crippen LogP contribution in [0.2, 0.25) is 0 Å². The first-order chi connectivity index (χ1) is 25.8. The lowest BCUT2D eigenvalue weighted by Crippen LogP contribution is -2.09. The van der Waals surface area contributed by atoms with Gasteiger partial charge in [-0.3, -0.25) is 4.99 Å². The second-order valence-corrected chi connectivity index (χ2v) is 13.8. The molecule has 0 N–H and O–H groups in total. The van der Waals surface area contributed by atoms with Crippen LogP contribution in [0.1, 0.15) is 16.7 Å². The highest BCUT2D eigenvalue weighted by Crippen LogP contribution is 2.43. The van der Waals surface area contributed by atoms with Crippen LogP contribution in [0.5, 0.6) is 0 Å². The van der Waals surface area contributed by atoms with Crippen LogP contribution in [0, 0.1) is 0 Å². The van der Waals surface area contributed by atoms with E-state index in [1.807, 2.05) is 78.1 Å². The monoisotopic (exact) mass is 686 g/mol. The third-order valence-electron chi connectivity index (χ3n) is 9.85. The number of amidine groups is 2. The number of hydrogen-bond acceptors (Lipinski definition) is 3. The van der Waals surface area contributed by atoms with Gasteiger partial charge in [-0.25, -0.2) is 9.98 Å². The van der Waals surface area contributed by atoms with Gasteiger partial charge in [-0.1, -0.05) is 121 Å². The summed E-state index contributed by atoms with van der Waals surface area (Å²) in [5, 5.41) is 7.08. The van der Waals surface area contributed by atoms with Crippen LogP contribution >= 0.6 is 11.3 Å². The largest absolute Gasteiger partial charge is 0.456 e. The third-order valence-corrected chi connectivity index (χ3v) is 11.0. The Kier molecular flexibility index (Phi) is 7.15. The molecule has 5 nitrogen and oxygen atoms in total. The van der Waals surface area contributed by atoms with Gasteiger partial charge in [-0.05, 0) is 48.7 Å². The van der Waals surface area contributed by atoms with Crippen LogP contribution in [-0.2, 0) is 6.54 Å². The van der Waals surface area contributed by atoms with Crippen LogP contribution in [0.25, 0.3) is 69.6 Å². The molecule has 0 saturated carbocycles. The Morgan fingerprint density at radius 1 is 0.596 bits per heavy atom. The molecule has 3 heterocycles. The van der Waals surface area contributed by atoms with Crippen molar-refractivity contribution in [2.45, 2.75) is 6.54 Å². The lowest BCUT2D eigenvalue weighted by Gasteiger charge is -2.14. The van der Waals surface area contributed by atoms with Crippen LogP contribution in [0.4, 0.5) is 0 Å². The maximum Gasteiger partial charge on any atom is 0.163 e. The average Bonchev–Trinajstić information content (AvgIpc) is 3.88. The molecule has 0 unspecified atom stereocenters. The number of aliphatic imine (C=N–C) groups is 3. The molecular formula is C46H30N4OS. The van der Waals surface area contributed by atoms with Crippen molar-refractivity contribution in [3.8, 4) is 5.69 Å². The average molecular weight is 687 g/mol. The molecule has 0 radical (unpaired) electrons. The number of thiophene rings is 1. The summed E-state index contributed by atoms with van der Waals surface area (Å²) in [5.74, 6) is 1.08. The molecule has 3 aromatic heterocycles. The molecule has 0 saturated heterocycles. The number of benzene rings is 7. The number of para-hydroxylation sites is 3. The van der Waals surface area contributed by atoms with Gasteiger partial charge in [0.1, 0.15) is 11.2 Å². The number of nitrogens with zero attached hydrogens (tertiary/aromatic N) is 4. The van der Waals surface area contributed by atoms with E-state index in [-0.39, 0.29) is 0 Å². The molecule has 6 heteroatoms. The molecule has 0 aliphatic heterocycles. The summed E-state index contributed by atoms with van der Waals surface area (Å²) in [6, 6.07) is 54.5. The summed E-state index contributed by atoms with van der Waals surface area (Å²) < 4.78 is 11.1. The Hall–Kier alpha value is -6.63. The Morgan fingerprint density at radius 2 is 1.31 bits per heavy atom. The number of furan rings is 1. The number of aromatic nitrogens is 1. The quantitative estimate of drug-likeness (QED) is 0.131. The van der Waals surface area contributed by atoms with Gasteiger partial charge in [-0.2, -0.15) is 0 Å². The predicted octanol–water partition coefficient (Wildman–Crippen LogP) is 12.1. The first-order valence-electron chi connectivity index (χ1n) is 17.2. The van der Waals surface area contributed by atoms with Crippen molar-refractivity contribution in [3.63, 3.8) is 0 Å². The van der Waals surface area contributed by atoms with Gasteiger partial charge in [0.15, 0.2) is 11.7 Å². The SMILES string of the molecule is C=N/C(=N\C(=N/Cc1cccc2oc3ccccc3c12)c1ccccc1)c1ccccc1-n1c2ccccc2c2ccc3c4ccccc4sc3c21. The van der Waals surface area contributed by atoms with E-state index in [1.165, 1.54) is 36.5 Å². The zero-order valence-corrected chi connectivity index (χ0v) is 28.8. The van der Waals surface area contributed by atoms with Crippen molar-refractivity contribution in [1.82, 2.24) is 4.57 Å². The molecule has 10 rings (SSSR count). The van der Waals surface area contributed by atoms with E-state index in [2.05, 4.69) is 107 Å². The Labute approximate surface area is 303 Å². The van der Waals surface area contributed by atoms with E-state index in [9.17, 15) is 0 Å². The number of hydrogen-bond donors (Lipinski definition) is 0. The standard InChI is InChI=1S/C46H30N4OS/c1-47-46(49-45(29-14-3-2-4-15-29)48-28-30-16-13-24-40-42(30)36-20-7-11-23-39(36)51-40)35-19-6-10-22-38(35)50-37-21-9-5-17-31(37)33-26-27-34-32-18-8-12-25-41(32)52-44(34)43(33)50/h2-27H,1,28H2/b48-45-,49-46-. The van der Waals surface area contributed by atoms with Gasteiger partial charge in [0.2, 0.25) is 0 Å². The zero-order chi connectivity index (χ0) is 34.6. The van der Waals surface area contributed by atoms with Crippen LogP contribution in [0.15, 0.2) is 177 Å². The highest BCUT2D eigenvalue weighted by atomic mass is 32.1. The minimum absolute atomic E-state index is 0.414. The molecule has 0 atom stereocenters. The summed E-state index contributed by atoms with van der Waals surface area (Å²) in [4.78, 5) is 15.0. The summed E-state index contributed by atoms with van der Waals surface area (Å²) in [7, 11) is 0. The Balaban J connectivity index is 1.18. The molecule has 7 aromatic carbocycles. The molecule has 0 fully saturated rings. The Bertz CT molecular complexity index is 3070. The third kappa shape index (κ3) is 4.80. The van der Waals surface area contributed by atoms with Crippen LogP contribution in [-0.4, -0.2) is 23.0 Å². The van der Waals surface area contributed by atoms with Gasteiger partial charge in [-0.15, -0.1) is 11.3 Å². The minimum Gasteiger partial charge on any atom is -0.456 e. The predicted molar refractivity (Wildman–Crippen MR) is 220 cm³/mol. The van der Waals surface area contributed by atoms with E-state index in [0.717, 1.165) is 49.8 Å². The molecule has 0 bridgehead atoms. The zero-order valence-electron chi connectivity index (χ0n) is 28.0. The number of fused-ring (bicyclic) bond motifs is 10. The molecule has 0 aliphatic rings. The van der Waals surface area contributed by atoms with Gasteiger partial charge in [0.25, 0.3) is 0 Å². The van der Waals surface area contributed by atoms with E-state index in [4.69, 9.17) is 14.4 Å². The van der Waals surface area contributed by atoms with Crippen molar-refractivity contribution in [2.75, 3.05) is 0 Å². The first-order valence-corrected chi connectivity index (χ1v) is 18.1. The van der Waals surface area contributed by atoms with E-state index in [1.54, 1.807) is 0 Å². The summed E-state index contributed by atoms with van der Waals surface area (Å²) in [6.45, 7) is 4.46. The van der Waals surface area contributed by atoms with Gasteiger partial charge in [0, 0.05) is 48.1 Å². The highest BCUT2D eigenvalue weighted by molar-refractivity contribution is 7.26. The molecule has 10 aromatic rings. The number of rotatable bonds is 5. The molecule has 0 spiro atoms. The molecule has 52 heavy (non-hydrogen) atoms.